The molecule has 0 unspecified atom stereocenters. The molecule has 2 rings (SSSR count). The summed E-state index contributed by atoms with van der Waals surface area (Å²) in [5.74, 6) is 0. The molecule has 16 heavy (non-hydrogen) atoms. The standard InChI is InChI=1S/C10H9Cl2N3S/c1-6-2-7(3-15-10(6)12)13-5-9-14-4-8(11)16-9/h2-4,13H,5H2,1H3. The van der Waals surface area contributed by atoms with Gasteiger partial charge in [0.05, 0.1) is 24.6 Å². The lowest BCUT2D eigenvalue weighted by Crippen LogP contribution is -1.99. The third-order valence-corrected chi connectivity index (χ3v) is 3.49. The number of aryl methyl sites for hydroxylation is 1. The van der Waals surface area contributed by atoms with Crippen LogP contribution in [-0.2, 0) is 6.54 Å². The first-order chi connectivity index (χ1) is 7.65. The van der Waals surface area contributed by atoms with Crippen LogP contribution in [0.1, 0.15) is 10.6 Å². The molecule has 0 aliphatic rings. The lowest BCUT2D eigenvalue weighted by molar-refractivity contribution is 1.09. The van der Waals surface area contributed by atoms with Gasteiger partial charge >= 0.3 is 0 Å². The number of pyridine rings is 1. The Morgan fingerprint density at radius 2 is 2.12 bits per heavy atom. The van der Waals surface area contributed by atoms with E-state index in [1.54, 1.807) is 12.4 Å². The van der Waals surface area contributed by atoms with Crippen LogP contribution in [0.4, 0.5) is 5.69 Å². The first kappa shape index (κ1) is 11.6. The second kappa shape index (κ2) is 4.99. The lowest BCUT2D eigenvalue weighted by Gasteiger charge is -2.05. The van der Waals surface area contributed by atoms with Gasteiger partial charge in [-0.05, 0) is 18.6 Å². The third kappa shape index (κ3) is 2.84. The van der Waals surface area contributed by atoms with E-state index in [-0.39, 0.29) is 0 Å². The quantitative estimate of drug-likeness (QED) is 0.866. The van der Waals surface area contributed by atoms with Crippen molar-refractivity contribution in [1.82, 2.24) is 9.97 Å². The molecule has 0 aliphatic carbocycles. The van der Waals surface area contributed by atoms with Gasteiger partial charge in [0, 0.05) is 0 Å². The number of anilines is 1. The van der Waals surface area contributed by atoms with Crippen molar-refractivity contribution < 1.29 is 0 Å². The summed E-state index contributed by atoms with van der Waals surface area (Å²) >= 11 is 13.1. The van der Waals surface area contributed by atoms with Crippen LogP contribution >= 0.6 is 34.5 Å². The molecule has 0 saturated carbocycles. The van der Waals surface area contributed by atoms with Gasteiger partial charge in [0.15, 0.2) is 0 Å². The Labute approximate surface area is 107 Å². The van der Waals surface area contributed by atoms with Crippen LogP contribution in [0, 0.1) is 6.92 Å². The van der Waals surface area contributed by atoms with Crippen molar-refractivity contribution in [2.24, 2.45) is 0 Å². The zero-order valence-corrected chi connectivity index (χ0v) is 10.8. The molecule has 1 N–H and O–H groups in total. The minimum absolute atomic E-state index is 0.530. The van der Waals surface area contributed by atoms with Crippen molar-refractivity contribution >= 4 is 40.2 Å². The molecule has 2 heterocycles. The monoisotopic (exact) mass is 273 g/mol. The summed E-state index contributed by atoms with van der Waals surface area (Å²) in [7, 11) is 0. The van der Waals surface area contributed by atoms with Gasteiger partial charge in [-0.25, -0.2) is 9.97 Å². The van der Waals surface area contributed by atoms with Crippen LogP contribution < -0.4 is 5.32 Å². The molecule has 2 aromatic heterocycles. The van der Waals surface area contributed by atoms with Crippen LogP contribution in [0.15, 0.2) is 18.5 Å². The van der Waals surface area contributed by atoms with Gasteiger partial charge in [0.1, 0.15) is 14.5 Å². The number of nitrogens with zero attached hydrogens (tertiary/aromatic N) is 2. The average molecular weight is 274 g/mol. The molecule has 0 fully saturated rings. The van der Waals surface area contributed by atoms with Crippen LogP contribution in [0.5, 0.6) is 0 Å². The van der Waals surface area contributed by atoms with E-state index < -0.39 is 0 Å². The van der Waals surface area contributed by atoms with Crippen molar-refractivity contribution in [3.8, 4) is 0 Å². The number of hydrogen-bond acceptors (Lipinski definition) is 4. The SMILES string of the molecule is Cc1cc(NCc2ncc(Cl)s2)cnc1Cl. The Morgan fingerprint density at radius 3 is 2.75 bits per heavy atom. The zero-order chi connectivity index (χ0) is 11.5. The first-order valence-corrected chi connectivity index (χ1v) is 6.18. The number of rotatable bonds is 3. The minimum atomic E-state index is 0.530. The fourth-order valence-corrected chi connectivity index (χ4v) is 2.20. The molecule has 84 valence electrons. The molecule has 0 spiro atoms. The molecule has 0 radical (unpaired) electrons. The Bertz CT molecular complexity index is 499. The summed E-state index contributed by atoms with van der Waals surface area (Å²) in [6, 6.07) is 1.95. The predicted octanol–water partition coefficient (Wildman–Crippen LogP) is 3.77. The summed E-state index contributed by atoms with van der Waals surface area (Å²) < 4.78 is 0.696. The molecule has 3 nitrogen and oxygen atoms in total. The number of halogens is 2. The zero-order valence-electron chi connectivity index (χ0n) is 8.50. The number of nitrogens with one attached hydrogen (secondary N) is 1. The second-order valence-corrected chi connectivity index (χ2v) is 5.35. The Kier molecular flexibility index (Phi) is 3.63. The van der Waals surface area contributed by atoms with Gasteiger partial charge in [-0.15, -0.1) is 11.3 Å². The Balaban J connectivity index is 2.02. The van der Waals surface area contributed by atoms with Crippen LogP contribution in [0.2, 0.25) is 9.49 Å². The number of thiazole rings is 1. The smallest absolute Gasteiger partial charge is 0.132 e. The summed E-state index contributed by atoms with van der Waals surface area (Å²) in [6.45, 7) is 2.56. The highest BCUT2D eigenvalue weighted by molar-refractivity contribution is 7.15. The molecule has 0 bridgehead atoms. The van der Waals surface area contributed by atoms with E-state index in [0.717, 1.165) is 16.3 Å². The molecule has 0 saturated heterocycles. The maximum atomic E-state index is 5.83. The summed E-state index contributed by atoms with van der Waals surface area (Å²) in [5.41, 5.74) is 1.87. The van der Waals surface area contributed by atoms with E-state index in [1.807, 2.05) is 13.0 Å². The van der Waals surface area contributed by atoms with E-state index in [9.17, 15) is 0 Å². The van der Waals surface area contributed by atoms with E-state index in [2.05, 4.69) is 15.3 Å². The van der Waals surface area contributed by atoms with Crippen molar-refractivity contribution in [3.63, 3.8) is 0 Å². The van der Waals surface area contributed by atoms with Gasteiger partial charge in [-0.3, -0.25) is 0 Å². The fraction of sp³-hybridized carbons (Fsp3) is 0.200. The van der Waals surface area contributed by atoms with Gasteiger partial charge in [-0.2, -0.15) is 0 Å². The highest BCUT2D eigenvalue weighted by Crippen LogP contribution is 2.20. The molecule has 6 heteroatoms. The minimum Gasteiger partial charge on any atom is -0.377 e. The predicted molar refractivity (Wildman–Crippen MR) is 68.4 cm³/mol. The number of hydrogen-bond donors (Lipinski definition) is 1. The molecule has 0 atom stereocenters. The molecule has 0 aromatic carbocycles. The summed E-state index contributed by atoms with van der Waals surface area (Å²) in [5, 5.41) is 4.68. The largest absolute Gasteiger partial charge is 0.377 e. The van der Waals surface area contributed by atoms with E-state index in [1.165, 1.54) is 11.3 Å². The maximum Gasteiger partial charge on any atom is 0.132 e. The van der Waals surface area contributed by atoms with Crippen LogP contribution in [0.3, 0.4) is 0 Å². The molecular weight excluding hydrogens is 265 g/mol. The lowest BCUT2D eigenvalue weighted by atomic mass is 10.3. The van der Waals surface area contributed by atoms with Crippen molar-refractivity contribution in [3.05, 3.63) is 38.5 Å². The first-order valence-electron chi connectivity index (χ1n) is 4.61. The molecule has 0 aliphatic heterocycles. The molecule has 0 amide bonds. The van der Waals surface area contributed by atoms with E-state index >= 15 is 0 Å². The summed E-state index contributed by atoms with van der Waals surface area (Å²) in [4.78, 5) is 8.20. The second-order valence-electron chi connectivity index (χ2n) is 3.24. The van der Waals surface area contributed by atoms with Crippen molar-refractivity contribution in [1.29, 1.82) is 0 Å². The summed E-state index contributed by atoms with van der Waals surface area (Å²) in [6.07, 6.45) is 3.35. The van der Waals surface area contributed by atoms with Gasteiger partial charge < -0.3 is 5.32 Å². The van der Waals surface area contributed by atoms with Gasteiger partial charge in [0.2, 0.25) is 0 Å². The maximum absolute atomic E-state index is 5.83. The van der Waals surface area contributed by atoms with Crippen LogP contribution in [-0.4, -0.2) is 9.97 Å². The molecular formula is C10H9Cl2N3S. The Hall–Kier alpha value is -0.840. The average Bonchev–Trinajstić information content (AvgIpc) is 2.66. The number of aromatic nitrogens is 2. The van der Waals surface area contributed by atoms with Crippen LogP contribution in [0.25, 0.3) is 0 Å². The van der Waals surface area contributed by atoms with Crippen molar-refractivity contribution in [2.45, 2.75) is 13.5 Å². The van der Waals surface area contributed by atoms with E-state index in [0.29, 0.717) is 16.0 Å². The fourth-order valence-electron chi connectivity index (χ4n) is 1.20. The topological polar surface area (TPSA) is 37.8 Å². The highest BCUT2D eigenvalue weighted by Gasteiger charge is 2.01. The molecule has 2 aromatic rings. The van der Waals surface area contributed by atoms with Crippen molar-refractivity contribution in [2.75, 3.05) is 5.32 Å². The normalized spacial score (nSPS) is 10.4. The Morgan fingerprint density at radius 1 is 1.31 bits per heavy atom. The van der Waals surface area contributed by atoms with Gasteiger partial charge in [0.25, 0.3) is 0 Å². The van der Waals surface area contributed by atoms with Gasteiger partial charge in [-0.1, -0.05) is 23.2 Å². The highest BCUT2D eigenvalue weighted by atomic mass is 35.5. The van der Waals surface area contributed by atoms with E-state index in [4.69, 9.17) is 23.2 Å². The third-order valence-electron chi connectivity index (χ3n) is 1.98.